The first-order chi connectivity index (χ1) is 9.60. The molecule has 20 heavy (non-hydrogen) atoms. The van der Waals surface area contributed by atoms with E-state index < -0.39 is 5.91 Å². The quantitative estimate of drug-likeness (QED) is 0.747. The maximum atomic E-state index is 11.1. The summed E-state index contributed by atoms with van der Waals surface area (Å²) < 4.78 is 1.65. The van der Waals surface area contributed by atoms with Crippen LogP contribution in [0.15, 0.2) is 30.6 Å². The molecule has 0 fully saturated rings. The summed E-state index contributed by atoms with van der Waals surface area (Å²) in [6, 6.07) is 4.82. The fourth-order valence-corrected chi connectivity index (χ4v) is 1.92. The number of halogens is 1. The fraction of sp³-hybridized carbons (Fsp3) is 0.231. The molecule has 1 amide bonds. The molecule has 0 radical (unpaired) electrons. The summed E-state index contributed by atoms with van der Waals surface area (Å²) in [4.78, 5) is 11.1. The van der Waals surface area contributed by atoms with Crippen LogP contribution in [0.4, 0.5) is 5.69 Å². The lowest BCUT2D eigenvalue weighted by Crippen LogP contribution is -2.11. The van der Waals surface area contributed by atoms with E-state index in [9.17, 15) is 4.79 Å². The number of carbonyl (C=O) groups is 1. The van der Waals surface area contributed by atoms with Gasteiger partial charge in [-0.2, -0.15) is 5.10 Å². The molecule has 2 aromatic rings. The van der Waals surface area contributed by atoms with Gasteiger partial charge in [0.05, 0.1) is 30.1 Å². The van der Waals surface area contributed by atoms with Crippen LogP contribution in [0.25, 0.3) is 0 Å². The molecule has 6 nitrogen and oxygen atoms in total. The van der Waals surface area contributed by atoms with Crippen LogP contribution in [-0.2, 0) is 13.1 Å². The second-order valence-electron chi connectivity index (χ2n) is 4.25. The number of hydrogen-bond donors (Lipinski definition) is 3. The number of amides is 1. The number of benzene rings is 1. The van der Waals surface area contributed by atoms with E-state index in [1.165, 1.54) is 0 Å². The van der Waals surface area contributed by atoms with Gasteiger partial charge in [0, 0.05) is 23.9 Å². The van der Waals surface area contributed by atoms with E-state index in [0.717, 1.165) is 5.56 Å². The molecule has 0 saturated carbocycles. The highest BCUT2D eigenvalue weighted by Crippen LogP contribution is 2.23. The monoisotopic (exact) mass is 294 g/mol. The molecule has 0 aliphatic rings. The third-order valence-electron chi connectivity index (χ3n) is 2.75. The number of aliphatic hydroxyl groups excluding tert-OH is 1. The molecule has 1 heterocycles. The number of nitrogens with zero attached hydrogens (tertiary/aromatic N) is 2. The molecular formula is C13H15ClN4O2. The SMILES string of the molecule is NC(=O)c1ccc(Cl)c(NCc2cnn(CCO)c2)c1. The van der Waals surface area contributed by atoms with Crippen LogP contribution in [0, 0.1) is 0 Å². The van der Waals surface area contributed by atoms with Gasteiger partial charge in [-0.3, -0.25) is 9.48 Å². The Labute approximate surface area is 121 Å². The Kier molecular flexibility index (Phi) is 4.60. The standard InChI is InChI=1S/C13H15ClN4O2/c14-11-2-1-10(13(15)20)5-12(11)16-6-9-7-17-18(8-9)3-4-19/h1-2,5,7-8,16,19H,3-4,6H2,(H2,15,20). The second kappa shape index (κ2) is 6.40. The molecule has 0 spiro atoms. The highest BCUT2D eigenvalue weighted by atomic mass is 35.5. The molecule has 0 saturated heterocycles. The first-order valence-electron chi connectivity index (χ1n) is 6.05. The number of rotatable bonds is 6. The molecule has 0 bridgehead atoms. The van der Waals surface area contributed by atoms with E-state index >= 15 is 0 Å². The van der Waals surface area contributed by atoms with Crippen LogP contribution in [0.5, 0.6) is 0 Å². The van der Waals surface area contributed by atoms with Crippen LogP contribution in [-0.4, -0.2) is 27.4 Å². The number of nitrogens with two attached hydrogens (primary N) is 1. The topological polar surface area (TPSA) is 93.2 Å². The van der Waals surface area contributed by atoms with Gasteiger partial charge in [-0.25, -0.2) is 0 Å². The number of anilines is 1. The van der Waals surface area contributed by atoms with Gasteiger partial charge in [0.25, 0.3) is 0 Å². The van der Waals surface area contributed by atoms with E-state index in [-0.39, 0.29) is 6.61 Å². The van der Waals surface area contributed by atoms with Gasteiger partial charge < -0.3 is 16.2 Å². The predicted octanol–water partition coefficient (Wildman–Crippen LogP) is 1.24. The van der Waals surface area contributed by atoms with Crippen LogP contribution in [0.2, 0.25) is 5.02 Å². The normalized spacial score (nSPS) is 10.5. The molecule has 1 aromatic heterocycles. The van der Waals surface area contributed by atoms with Crippen molar-refractivity contribution >= 4 is 23.2 Å². The van der Waals surface area contributed by atoms with Gasteiger partial charge in [0.2, 0.25) is 5.91 Å². The average molecular weight is 295 g/mol. The lowest BCUT2D eigenvalue weighted by molar-refractivity contribution is 0.100. The summed E-state index contributed by atoms with van der Waals surface area (Å²) in [5.41, 5.74) is 7.21. The summed E-state index contributed by atoms with van der Waals surface area (Å²) in [6.07, 6.45) is 3.53. The van der Waals surface area contributed by atoms with Gasteiger partial charge in [-0.05, 0) is 18.2 Å². The van der Waals surface area contributed by atoms with Crippen molar-refractivity contribution in [1.82, 2.24) is 9.78 Å². The summed E-state index contributed by atoms with van der Waals surface area (Å²) in [7, 11) is 0. The Morgan fingerprint density at radius 2 is 2.30 bits per heavy atom. The van der Waals surface area contributed by atoms with Crippen molar-refractivity contribution in [2.45, 2.75) is 13.1 Å². The third-order valence-corrected chi connectivity index (χ3v) is 3.08. The summed E-state index contributed by atoms with van der Waals surface area (Å²) in [5.74, 6) is -0.500. The zero-order valence-electron chi connectivity index (χ0n) is 10.7. The van der Waals surface area contributed by atoms with Crippen LogP contribution in [0.1, 0.15) is 15.9 Å². The largest absolute Gasteiger partial charge is 0.394 e. The molecular weight excluding hydrogens is 280 g/mol. The van der Waals surface area contributed by atoms with Crippen LogP contribution in [0.3, 0.4) is 0 Å². The third kappa shape index (κ3) is 3.49. The Balaban J connectivity index is 2.05. The first kappa shape index (κ1) is 14.4. The van der Waals surface area contributed by atoms with Crippen LogP contribution < -0.4 is 11.1 Å². The minimum absolute atomic E-state index is 0.0427. The number of nitrogens with one attached hydrogen (secondary N) is 1. The van der Waals surface area contributed by atoms with Gasteiger partial charge in [0.1, 0.15) is 0 Å². The van der Waals surface area contributed by atoms with Crippen LogP contribution >= 0.6 is 11.6 Å². The van der Waals surface area contributed by atoms with Gasteiger partial charge in [0.15, 0.2) is 0 Å². The number of carbonyl (C=O) groups excluding carboxylic acids is 1. The van der Waals surface area contributed by atoms with Gasteiger partial charge >= 0.3 is 0 Å². The molecule has 0 unspecified atom stereocenters. The molecule has 7 heteroatoms. The summed E-state index contributed by atoms with van der Waals surface area (Å²) in [5, 5.41) is 16.6. The van der Waals surface area contributed by atoms with Crippen molar-refractivity contribution in [1.29, 1.82) is 0 Å². The second-order valence-corrected chi connectivity index (χ2v) is 4.65. The Bertz CT molecular complexity index is 612. The smallest absolute Gasteiger partial charge is 0.248 e. The fourth-order valence-electron chi connectivity index (χ4n) is 1.73. The number of aliphatic hydroxyl groups is 1. The van der Waals surface area contributed by atoms with E-state index in [1.807, 2.05) is 6.20 Å². The minimum atomic E-state index is -0.500. The van der Waals surface area contributed by atoms with Crippen molar-refractivity contribution < 1.29 is 9.90 Å². The average Bonchev–Trinajstić information content (AvgIpc) is 2.86. The Morgan fingerprint density at radius 1 is 1.50 bits per heavy atom. The van der Waals surface area contributed by atoms with Crippen molar-refractivity contribution in [3.63, 3.8) is 0 Å². The molecule has 0 aliphatic heterocycles. The zero-order chi connectivity index (χ0) is 14.5. The van der Waals surface area contributed by atoms with E-state index in [0.29, 0.717) is 29.4 Å². The maximum Gasteiger partial charge on any atom is 0.248 e. The van der Waals surface area contributed by atoms with Crippen molar-refractivity contribution in [2.24, 2.45) is 5.73 Å². The van der Waals surface area contributed by atoms with E-state index in [1.54, 1.807) is 29.1 Å². The maximum absolute atomic E-state index is 11.1. The Morgan fingerprint density at radius 3 is 3.00 bits per heavy atom. The van der Waals surface area contributed by atoms with Crippen molar-refractivity contribution in [2.75, 3.05) is 11.9 Å². The predicted molar refractivity (Wildman–Crippen MR) is 76.6 cm³/mol. The molecule has 106 valence electrons. The zero-order valence-corrected chi connectivity index (χ0v) is 11.5. The van der Waals surface area contributed by atoms with E-state index in [4.69, 9.17) is 22.4 Å². The number of primary amides is 1. The molecule has 4 N–H and O–H groups in total. The van der Waals surface area contributed by atoms with Crippen molar-refractivity contribution in [3.05, 3.63) is 46.7 Å². The molecule has 0 aliphatic carbocycles. The highest BCUT2D eigenvalue weighted by Gasteiger charge is 2.06. The molecule has 2 rings (SSSR count). The Hall–Kier alpha value is -2.05. The highest BCUT2D eigenvalue weighted by molar-refractivity contribution is 6.33. The van der Waals surface area contributed by atoms with Gasteiger partial charge in [-0.15, -0.1) is 0 Å². The number of hydrogen-bond acceptors (Lipinski definition) is 4. The summed E-state index contributed by atoms with van der Waals surface area (Å²) in [6.45, 7) is 1.01. The molecule has 0 atom stereocenters. The van der Waals surface area contributed by atoms with Crippen molar-refractivity contribution in [3.8, 4) is 0 Å². The number of aromatic nitrogens is 2. The first-order valence-corrected chi connectivity index (χ1v) is 6.43. The molecule has 1 aromatic carbocycles. The lowest BCUT2D eigenvalue weighted by Gasteiger charge is -2.08. The summed E-state index contributed by atoms with van der Waals surface area (Å²) >= 11 is 6.05. The minimum Gasteiger partial charge on any atom is -0.394 e. The van der Waals surface area contributed by atoms with E-state index in [2.05, 4.69) is 10.4 Å². The lowest BCUT2D eigenvalue weighted by atomic mass is 10.2. The van der Waals surface area contributed by atoms with Gasteiger partial charge in [-0.1, -0.05) is 11.6 Å².